The number of nitrogens with one attached hydrogen (secondary N) is 2. The second kappa shape index (κ2) is 11.0. The van der Waals surface area contributed by atoms with E-state index in [1.165, 1.54) is 11.8 Å². The van der Waals surface area contributed by atoms with Gasteiger partial charge in [-0.25, -0.2) is 4.79 Å². The molecule has 0 aliphatic heterocycles. The molecule has 0 saturated heterocycles. The highest BCUT2D eigenvalue weighted by atomic mass is 16.6. The number of rotatable bonds is 8. The minimum atomic E-state index is -0.953. The van der Waals surface area contributed by atoms with Crippen LogP contribution in [0, 0.1) is 6.92 Å². The van der Waals surface area contributed by atoms with Crippen molar-refractivity contribution in [3.8, 4) is 0 Å². The van der Waals surface area contributed by atoms with Crippen molar-refractivity contribution in [3.63, 3.8) is 0 Å². The van der Waals surface area contributed by atoms with Crippen LogP contribution in [0.1, 0.15) is 58.7 Å². The molecular formula is C22H35N3O5. The summed E-state index contributed by atoms with van der Waals surface area (Å²) in [6.45, 7) is 11.9. The number of aryl methyl sites for hydroxylation is 1. The molecule has 0 spiro atoms. The molecule has 0 heterocycles. The molecule has 0 fully saturated rings. The molecule has 1 aromatic rings. The molecule has 0 aliphatic carbocycles. The van der Waals surface area contributed by atoms with Gasteiger partial charge in [0.25, 0.3) is 0 Å². The highest BCUT2D eigenvalue weighted by molar-refractivity contribution is 5.92. The molecule has 3 amide bonds. The van der Waals surface area contributed by atoms with E-state index in [1.807, 2.05) is 32.9 Å². The summed E-state index contributed by atoms with van der Waals surface area (Å²) in [5.41, 5.74) is 0.922. The lowest BCUT2D eigenvalue weighted by molar-refractivity contribution is -0.143. The average Bonchev–Trinajstić information content (AvgIpc) is 2.59. The molecule has 0 aliphatic rings. The normalized spacial score (nSPS) is 13.4. The molecule has 30 heavy (non-hydrogen) atoms. The van der Waals surface area contributed by atoms with Crippen molar-refractivity contribution in [2.45, 2.75) is 72.2 Å². The Labute approximate surface area is 179 Å². The monoisotopic (exact) mass is 421 g/mol. The highest BCUT2D eigenvalue weighted by Crippen LogP contribution is 2.23. The highest BCUT2D eigenvalue weighted by Gasteiger charge is 2.34. The minimum Gasteiger partial charge on any atom is -0.444 e. The number of amides is 3. The summed E-state index contributed by atoms with van der Waals surface area (Å²) >= 11 is 0. The number of carbonyl (C=O) groups is 3. The van der Waals surface area contributed by atoms with Crippen LogP contribution in [-0.4, -0.2) is 58.8 Å². The van der Waals surface area contributed by atoms with Gasteiger partial charge in [0, 0.05) is 12.6 Å². The predicted molar refractivity (Wildman–Crippen MR) is 115 cm³/mol. The molecular weight excluding hydrogens is 386 g/mol. The minimum absolute atomic E-state index is 0.0662. The van der Waals surface area contributed by atoms with E-state index in [-0.39, 0.29) is 25.1 Å². The van der Waals surface area contributed by atoms with Gasteiger partial charge in [-0.1, -0.05) is 29.8 Å². The SMILES string of the molecule is Cc1ccc(C(C(=O)NC(C)C)N(CCO)C(=O)C(C)NC(=O)OC(C)(C)C)cc1. The Hall–Kier alpha value is -2.61. The molecule has 2 atom stereocenters. The number of nitrogens with zero attached hydrogens (tertiary/aromatic N) is 1. The molecule has 3 N–H and O–H groups in total. The lowest BCUT2D eigenvalue weighted by Gasteiger charge is -2.33. The van der Waals surface area contributed by atoms with Crippen molar-refractivity contribution in [1.29, 1.82) is 0 Å². The smallest absolute Gasteiger partial charge is 0.408 e. The standard InChI is InChI=1S/C22H35N3O5/c1-14(2)23-19(27)18(17-10-8-15(3)9-11-17)25(12-13-26)20(28)16(4)24-21(29)30-22(5,6)7/h8-11,14,16,18,26H,12-13H2,1-7H3,(H,23,27)(H,24,29). The third-order valence-corrected chi connectivity index (χ3v) is 4.11. The predicted octanol–water partition coefficient (Wildman–Crippen LogP) is 2.29. The molecule has 0 saturated carbocycles. The second-order valence-corrected chi connectivity index (χ2v) is 8.60. The third kappa shape index (κ3) is 8.02. The first kappa shape index (κ1) is 25.4. The molecule has 8 nitrogen and oxygen atoms in total. The summed E-state index contributed by atoms with van der Waals surface area (Å²) in [5.74, 6) is -0.862. The fraction of sp³-hybridized carbons (Fsp3) is 0.591. The fourth-order valence-corrected chi connectivity index (χ4v) is 2.85. The van der Waals surface area contributed by atoms with Crippen LogP contribution in [0.5, 0.6) is 0 Å². The van der Waals surface area contributed by atoms with Gasteiger partial charge in [0.2, 0.25) is 11.8 Å². The number of benzene rings is 1. The van der Waals surface area contributed by atoms with Crippen LogP contribution in [0.15, 0.2) is 24.3 Å². The van der Waals surface area contributed by atoms with Crippen LogP contribution < -0.4 is 10.6 Å². The summed E-state index contributed by atoms with van der Waals surface area (Å²) in [4.78, 5) is 39.5. The van der Waals surface area contributed by atoms with Gasteiger partial charge in [0.1, 0.15) is 17.7 Å². The van der Waals surface area contributed by atoms with Crippen LogP contribution in [0.4, 0.5) is 4.79 Å². The van der Waals surface area contributed by atoms with E-state index in [0.29, 0.717) is 5.56 Å². The zero-order chi connectivity index (χ0) is 23.1. The summed E-state index contributed by atoms with van der Waals surface area (Å²) in [7, 11) is 0. The number of hydrogen-bond donors (Lipinski definition) is 3. The maximum Gasteiger partial charge on any atom is 0.408 e. The Kier molecular flexibility index (Phi) is 9.29. The number of aliphatic hydroxyl groups is 1. The van der Waals surface area contributed by atoms with Gasteiger partial charge >= 0.3 is 6.09 Å². The zero-order valence-electron chi connectivity index (χ0n) is 19.0. The van der Waals surface area contributed by atoms with Crippen molar-refractivity contribution < 1.29 is 24.2 Å². The van der Waals surface area contributed by atoms with Crippen LogP contribution in [0.3, 0.4) is 0 Å². The molecule has 0 aromatic heterocycles. The lowest BCUT2D eigenvalue weighted by atomic mass is 10.0. The van der Waals surface area contributed by atoms with E-state index >= 15 is 0 Å². The largest absolute Gasteiger partial charge is 0.444 e. The zero-order valence-corrected chi connectivity index (χ0v) is 19.0. The fourth-order valence-electron chi connectivity index (χ4n) is 2.85. The maximum atomic E-state index is 13.2. The first-order chi connectivity index (χ1) is 13.9. The van der Waals surface area contributed by atoms with Gasteiger partial charge in [-0.2, -0.15) is 0 Å². The molecule has 8 heteroatoms. The molecule has 0 radical (unpaired) electrons. The quantitative estimate of drug-likeness (QED) is 0.597. The molecule has 168 valence electrons. The van der Waals surface area contributed by atoms with Crippen LogP contribution in [-0.2, 0) is 14.3 Å². The van der Waals surface area contributed by atoms with Crippen LogP contribution >= 0.6 is 0 Å². The van der Waals surface area contributed by atoms with Gasteiger partial charge in [-0.05, 0) is 54.0 Å². The van der Waals surface area contributed by atoms with Gasteiger partial charge in [0.05, 0.1) is 6.61 Å². The average molecular weight is 422 g/mol. The number of alkyl carbamates (subject to hydrolysis) is 1. The van der Waals surface area contributed by atoms with Crippen molar-refractivity contribution in [3.05, 3.63) is 35.4 Å². The summed E-state index contributed by atoms with van der Waals surface area (Å²) < 4.78 is 5.21. The number of aliphatic hydroxyl groups excluding tert-OH is 1. The summed E-state index contributed by atoms with van der Waals surface area (Å²) in [6.07, 6.45) is -0.731. The van der Waals surface area contributed by atoms with Crippen molar-refractivity contribution in [2.24, 2.45) is 0 Å². The Morgan fingerprint density at radius 3 is 2.10 bits per heavy atom. The number of hydrogen-bond acceptors (Lipinski definition) is 5. The Morgan fingerprint density at radius 1 is 1.07 bits per heavy atom. The maximum absolute atomic E-state index is 13.2. The van der Waals surface area contributed by atoms with E-state index in [4.69, 9.17) is 4.74 Å². The van der Waals surface area contributed by atoms with Gasteiger partial charge in [-0.15, -0.1) is 0 Å². The van der Waals surface area contributed by atoms with E-state index < -0.39 is 29.7 Å². The first-order valence-electron chi connectivity index (χ1n) is 10.1. The molecule has 2 unspecified atom stereocenters. The van der Waals surface area contributed by atoms with E-state index in [2.05, 4.69) is 10.6 Å². The first-order valence-corrected chi connectivity index (χ1v) is 10.1. The van der Waals surface area contributed by atoms with Crippen molar-refractivity contribution in [1.82, 2.24) is 15.5 Å². The molecule has 0 bridgehead atoms. The Bertz CT molecular complexity index is 725. The van der Waals surface area contributed by atoms with Crippen molar-refractivity contribution >= 4 is 17.9 Å². The van der Waals surface area contributed by atoms with Crippen LogP contribution in [0.2, 0.25) is 0 Å². The van der Waals surface area contributed by atoms with E-state index in [0.717, 1.165) is 5.56 Å². The van der Waals surface area contributed by atoms with Crippen molar-refractivity contribution in [2.75, 3.05) is 13.2 Å². The number of ether oxygens (including phenoxy) is 1. The second-order valence-electron chi connectivity index (χ2n) is 8.60. The summed E-state index contributed by atoms with van der Waals surface area (Å²) in [6, 6.07) is 5.24. The number of carbonyl (C=O) groups excluding carboxylic acids is 3. The van der Waals surface area contributed by atoms with Gasteiger partial charge < -0.3 is 25.4 Å². The molecule has 1 rings (SSSR count). The van der Waals surface area contributed by atoms with Crippen LogP contribution in [0.25, 0.3) is 0 Å². The molecule has 1 aromatic carbocycles. The van der Waals surface area contributed by atoms with Gasteiger partial charge in [0.15, 0.2) is 0 Å². The Balaban J connectivity index is 3.19. The Morgan fingerprint density at radius 2 is 1.63 bits per heavy atom. The van der Waals surface area contributed by atoms with Gasteiger partial charge in [-0.3, -0.25) is 9.59 Å². The summed E-state index contributed by atoms with van der Waals surface area (Å²) in [5, 5.41) is 14.9. The van der Waals surface area contributed by atoms with E-state index in [9.17, 15) is 19.5 Å². The topological polar surface area (TPSA) is 108 Å². The third-order valence-electron chi connectivity index (χ3n) is 4.11. The van der Waals surface area contributed by atoms with E-state index in [1.54, 1.807) is 32.9 Å². The lowest BCUT2D eigenvalue weighted by Crippen LogP contribution is -2.53.